The number of piperazine rings is 1. The largest absolute Gasteiger partial charge is 0.399 e. The third-order valence-corrected chi connectivity index (χ3v) is 4.08. The number of nitrogens with zero attached hydrogens (tertiary/aromatic N) is 2. The number of anilines is 1. The van der Waals surface area contributed by atoms with Gasteiger partial charge in [0.15, 0.2) is 0 Å². The van der Waals surface area contributed by atoms with Crippen LogP contribution in [0.5, 0.6) is 0 Å². The molecule has 1 aliphatic heterocycles. The highest BCUT2D eigenvalue weighted by Gasteiger charge is 2.22. The van der Waals surface area contributed by atoms with E-state index in [2.05, 4.69) is 23.6 Å². The van der Waals surface area contributed by atoms with Crippen molar-refractivity contribution in [1.29, 1.82) is 0 Å². The topological polar surface area (TPSA) is 32.5 Å². The lowest BCUT2D eigenvalue weighted by atomic mass is 10.1. The van der Waals surface area contributed by atoms with Crippen molar-refractivity contribution >= 4 is 17.3 Å². The van der Waals surface area contributed by atoms with Crippen molar-refractivity contribution in [3.8, 4) is 0 Å². The van der Waals surface area contributed by atoms with Crippen LogP contribution in [0.2, 0.25) is 5.02 Å². The second-order valence-electron chi connectivity index (χ2n) is 5.06. The van der Waals surface area contributed by atoms with Gasteiger partial charge in [0.1, 0.15) is 0 Å². The van der Waals surface area contributed by atoms with E-state index in [-0.39, 0.29) is 0 Å². The number of hydrogen-bond acceptors (Lipinski definition) is 3. The van der Waals surface area contributed by atoms with Crippen molar-refractivity contribution in [2.75, 3.05) is 31.9 Å². The van der Waals surface area contributed by atoms with E-state index in [4.69, 9.17) is 17.3 Å². The van der Waals surface area contributed by atoms with Crippen LogP contribution in [0, 0.1) is 0 Å². The van der Waals surface area contributed by atoms with Gasteiger partial charge in [0.25, 0.3) is 0 Å². The lowest BCUT2D eigenvalue weighted by Crippen LogP contribution is -2.51. The summed E-state index contributed by atoms with van der Waals surface area (Å²) in [6.45, 7) is 9.93. The van der Waals surface area contributed by atoms with Crippen LogP contribution in [0.15, 0.2) is 18.2 Å². The van der Waals surface area contributed by atoms with E-state index >= 15 is 0 Å². The van der Waals surface area contributed by atoms with E-state index < -0.39 is 0 Å². The summed E-state index contributed by atoms with van der Waals surface area (Å²) in [6.07, 6.45) is 0. The molecule has 0 amide bonds. The minimum absolute atomic E-state index is 0.622. The fourth-order valence-electron chi connectivity index (χ4n) is 2.62. The molecule has 1 unspecified atom stereocenters. The van der Waals surface area contributed by atoms with Crippen LogP contribution in [0.25, 0.3) is 0 Å². The van der Waals surface area contributed by atoms with Crippen LogP contribution in [0.3, 0.4) is 0 Å². The molecule has 18 heavy (non-hydrogen) atoms. The Bertz CT molecular complexity index is 408. The number of nitrogen functional groups attached to an aromatic ring is 1. The summed E-state index contributed by atoms with van der Waals surface area (Å²) in [5.41, 5.74) is 7.61. The zero-order valence-electron chi connectivity index (χ0n) is 11.2. The molecule has 0 spiro atoms. The van der Waals surface area contributed by atoms with E-state index in [1.54, 1.807) is 0 Å². The van der Waals surface area contributed by atoms with Crippen molar-refractivity contribution < 1.29 is 0 Å². The fourth-order valence-corrected chi connectivity index (χ4v) is 2.87. The van der Waals surface area contributed by atoms with Gasteiger partial charge < -0.3 is 5.73 Å². The predicted octanol–water partition coefficient (Wildman–Crippen LogP) is 2.45. The van der Waals surface area contributed by atoms with Crippen molar-refractivity contribution in [1.82, 2.24) is 9.80 Å². The molecular weight excluding hydrogens is 246 g/mol. The van der Waals surface area contributed by atoms with E-state index in [9.17, 15) is 0 Å². The first-order valence-corrected chi connectivity index (χ1v) is 6.98. The smallest absolute Gasteiger partial charge is 0.0471 e. The molecule has 0 aliphatic carbocycles. The fraction of sp³-hybridized carbons (Fsp3) is 0.571. The quantitative estimate of drug-likeness (QED) is 0.854. The lowest BCUT2D eigenvalue weighted by molar-refractivity contribution is 0.0835. The molecule has 1 aromatic rings. The van der Waals surface area contributed by atoms with Gasteiger partial charge in [-0.25, -0.2) is 0 Å². The lowest BCUT2D eigenvalue weighted by Gasteiger charge is -2.39. The molecule has 2 N–H and O–H groups in total. The molecule has 0 radical (unpaired) electrons. The van der Waals surface area contributed by atoms with Gasteiger partial charge in [-0.2, -0.15) is 0 Å². The standard InChI is InChI=1S/C14H22ClN3/c1-3-18-7-6-17(9-11(18)2)10-12-4-5-13(16)8-14(12)15/h4-5,8,11H,3,6-7,9-10,16H2,1-2H3. The third kappa shape index (κ3) is 3.16. The molecule has 1 saturated heterocycles. The Morgan fingerprint density at radius 3 is 2.78 bits per heavy atom. The van der Waals surface area contributed by atoms with Gasteiger partial charge in [0, 0.05) is 42.9 Å². The molecule has 2 rings (SSSR count). The molecule has 1 heterocycles. The molecule has 1 aromatic carbocycles. The highest BCUT2D eigenvalue weighted by Crippen LogP contribution is 2.22. The second kappa shape index (κ2) is 5.91. The first kappa shape index (κ1) is 13.7. The number of rotatable bonds is 3. The second-order valence-corrected chi connectivity index (χ2v) is 5.47. The van der Waals surface area contributed by atoms with Crippen molar-refractivity contribution in [2.24, 2.45) is 0 Å². The molecule has 1 atom stereocenters. The SMILES string of the molecule is CCN1CCN(Cc2ccc(N)cc2Cl)CC1C. The summed E-state index contributed by atoms with van der Waals surface area (Å²) < 4.78 is 0. The molecule has 0 aromatic heterocycles. The maximum Gasteiger partial charge on any atom is 0.0471 e. The highest BCUT2D eigenvalue weighted by atomic mass is 35.5. The van der Waals surface area contributed by atoms with Gasteiger partial charge >= 0.3 is 0 Å². The zero-order valence-corrected chi connectivity index (χ0v) is 12.0. The average molecular weight is 268 g/mol. The van der Waals surface area contributed by atoms with Gasteiger partial charge in [-0.3, -0.25) is 9.80 Å². The summed E-state index contributed by atoms with van der Waals surface area (Å²) in [6, 6.07) is 6.42. The normalized spacial score (nSPS) is 22.3. The first-order chi connectivity index (χ1) is 8.60. The van der Waals surface area contributed by atoms with Gasteiger partial charge in [0.05, 0.1) is 0 Å². The highest BCUT2D eigenvalue weighted by molar-refractivity contribution is 6.31. The Labute approximate surface area is 115 Å². The van der Waals surface area contributed by atoms with Crippen LogP contribution < -0.4 is 5.73 Å². The number of benzene rings is 1. The summed E-state index contributed by atoms with van der Waals surface area (Å²) in [5, 5.41) is 0.778. The Balaban J connectivity index is 1.98. The molecular formula is C14H22ClN3. The molecule has 0 saturated carbocycles. The van der Waals surface area contributed by atoms with Gasteiger partial charge in [0.2, 0.25) is 0 Å². The Kier molecular flexibility index (Phi) is 4.49. The molecule has 4 heteroatoms. The minimum Gasteiger partial charge on any atom is -0.399 e. The van der Waals surface area contributed by atoms with Gasteiger partial charge in [-0.05, 0) is 31.2 Å². The third-order valence-electron chi connectivity index (χ3n) is 3.73. The monoisotopic (exact) mass is 267 g/mol. The van der Waals surface area contributed by atoms with Crippen LogP contribution in [0.4, 0.5) is 5.69 Å². The minimum atomic E-state index is 0.622. The summed E-state index contributed by atoms with van der Waals surface area (Å²) in [7, 11) is 0. The Morgan fingerprint density at radius 2 is 2.17 bits per heavy atom. The molecule has 1 aliphatic rings. The number of likely N-dealkylation sites (N-methyl/N-ethyl adjacent to an activating group) is 1. The molecule has 100 valence electrons. The molecule has 0 bridgehead atoms. The van der Waals surface area contributed by atoms with E-state index in [1.165, 1.54) is 5.56 Å². The summed E-state index contributed by atoms with van der Waals surface area (Å²) in [5.74, 6) is 0. The number of halogens is 1. The molecule has 3 nitrogen and oxygen atoms in total. The van der Waals surface area contributed by atoms with Crippen molar-refractivity contribution in [3.63, 3.8) is 0 Å². The van der Waals surface area contributed by atoms with Crippen LogP contribution in [0.1, 0.15) is 19.4 Å². The maximum atomic E-state index is 6.22. The van der Waals surface area contributed by atoms with E-state index in [1.807, 2.05) is 18.2 Å². The number of hydrogen-bond donors (Lipinski definition) is 1. The maximum absolute atomic E-state index is 6.22. The van der Waals surface area contributed by atoms with Gasteiger partial charge in [-0.15, -0.1) is 0 Å². The van der Waals surface area contributed by atoms with Crippen LogP contribution >= 0.6 is 11.6 Å². The summed E-state index contributed by atoms with van der Waals surface area (Å²) >= 11 is 6.22. The first-order valence-electron chi connectivity index (χ1n) is 6.60. The average Bonchev–Trinajstić information content (AvgIpc) is 2.33. The van der Waals surface area contributed by atoms with Gasteiger partial charge in [-0.1, -0.05) is 24.6 Å². The van der Waals surface area contributed by atoms with Crippen molar-refractivity contribution in [2.45, 2.75) is 26.4 Å². The molecule has 1 fully saturated rings. The van der Waals surface area contributed by atoms with Crippen LogP contribution in [-0.4, -0.2) is 42.0 Å². The predicted molar refractivity (Wildman–Crippen MR) is 77.9 cm³/mol. The zero-order chi connectivity index (χ0) is 13.1. The van der Waals surface area contributed by atoms with Crippen LogP contribution in [-0.2, 0) is 6.54 Å². The van der Waals surface area contributed by atoms with Crippen molar-refractivity contribution in [3.05, 3.63) is 28.8 Å². The number of nitrogens with two attached hydrogens (primary N) is 1. The Morgan fingerprint density at radius 1 is 1.39 bits per heavy atom. The Hall–Kier alpha value is -0.770. The van der Waals surface area contributed by atoms with E-state index in [0.29, 0.717) is 6.04 Å². The van der Waals surface area contributed by atoms with E-state index in [0.717, 1.165) is 43.4 Å². The summed E-state index contributed by atoms with van der Waals surface area (Å²) in [4.78, 5) is 4.98.